The minimum atomic E-state index is -0.424. The van der Waals surface area contributed by atoms with Gasteiger partial charge in [0.1, 0.15) is 5.75 Å². The van der Waals surface area contributed by atoms with Crippen LogP contribution in [0.1, 0.15) is 107 Å². The molecule has 0 aliphatic heterocycles. The molecule has 0 heterocycles. The third-order valence-corrected chi connectivity index (χ3v) is 10.4. The summed E-state index contributed by atoms with van der Waals surface area (Å²) >= 11 is 0. The molecule has 0 radical (unpaired) electrons. The van der Waals surface area contributed by atoms with Crippen molar-refractivity contribution in [3.8, 4) is 28.0 Å². The molecule has 1 aliphatic carbocycles. The number of unbranched alkanes of at least 4 members (excludes halogenated alkanes) is 2. The summed E-state index contributed by atoms with van der Waals surface area (Å²) in [4.78, 5) is 25.1. The van der Waals surface area contributed by atoms with Gasteiger partial charge in [0, 0.05) is 35.8 Å². The van der Waals surface area contributed by atoms with Crippen molar-refractivity contribution < 1.29 is 34.0 Å². The van der Waals surface area contributed by atoms with E-state index in [1.54, 1.807) is 13.8 Å². The highest BCUT2D eigenvalue weighted by Crippen LogP contribution is 2.38. The number of esters is 2. The monoisotopic (exact) mass is 738 g/mol. The molecule has 54 heavy (non-hydrogen) atoms. The zero-order valence-corrected chi connectivity index (χ0v) is 33.3. The lowest BCUT2D eigenvalue weighted by molar-refractivity contribution is -0.139. The molecule has 0 bridgehead atoms. The van der Waals surface area contributed by atoms with Gasteiger partial charge in [-0.15, -0.1) is 0 Å². The average molecular weight is 739 g/mol. The Kier molecular flexibility index (Phi) is 17.0. The molecule has 0 aromatic heterocycles. The first kappa shape index (κ1) is 42.5. The topological polar surface area (TPSA) is 102 Å². The number of aliphatic hydroxyl groups is 2. The largest absolute Gasteiger partial charge is 0.493 e. The summed E-state index contributed by atoms with van der Waals surface area (Å²) in [6.07, 6.45) is 12.5. The number of rotatable bonds is 22. The van der Waals surface area contributed by atoms with Crippen LogP contribution in [0.25, 0.3) is 28.3 Å². The van der Waals surface area contributed by atoms with Crippen molar-refractivity contribution in [2.24, 2.45) is 11.8 Å². The fraction of sp³-hybridized carbons (Fsp3) is 0.489. The lowest BCUT2D eigenvalue weighted by Crippen LogP contribution is -2.15. The number of carbonyl (C=O) groups excluding carboxylic acids is 2. The molecule has 1 unspecified atom stereocenters. The van der Waals surface area contributed by atoms with Gasteiger partial charge in [0.2, 0.25) is 0 Å². The van der Waals surface area contributed by atoms with Crippen LogP contribution in [0.2, 0.25) is 0 Å². The van der Waals surface area contributed by atoms with E-state index in [-0.39, 0.29) is 38.3 Å². The Balaban J connectivity index is 1.74. The number of benzene rings is 3. The Morgan fingerprint density at radius 3 is 2.20 bits per heavy atom. The Labute approximate surface area is 323 Å². The first-order valence-electron chi connectivity index (χ1n) is 20.1. The zero-order chi connectivity index (χ0) is 39.0. The number of aliphatic hydroxyl groups excluding tert-OH is 2. The van der Waals surface area contributed by atoms with Crippen LogP contribution >= 0.6 is 0 Å². The number of fused-ring (bicyclic) bond motifs is 1. The third kappa shape index (κ3) is 11.9. The van der Waals surface area contributed by atoms with Crippen molar-refractivity contribution in [2.75, 3.05) is 33.0 Å². The molecule has 0 amide bonds. The van der Waals surface area contributed by atoms with Crippen LogP contribution in [0.15, 0.2) is 66.3 Å². The van der Waals surface area contributed by atoms with Gasteiger partial charge in [-0.3, -0.25) is 0 Å². The number of hydrogen-bond donors (Lipinski definition) is 2. The molecule has 1 atom stereocenters. The van der Waals surface area contributed by atoms with Gasteiger partial charge in [-0.25, -0.2) is 9.59 Å². The van der Waals surface area contributed by atoms with E-state index in [4.69, 9.17) is 14.2 Å². The molecular formula is C47H62O7. The van der Waals surface area contributed by atoms with E-state index in [0.717, 1.165) is 47.4 Å². The lowest BCUT2D eigenvalue weighted by Gasteiger charge is -2.20. The van der Waals surface area contributed by atoms with Crippen LogP contribution in [0.5, 0.6) is 5.75 Å². The second-order valence-electron chi connectivity index (χ2n) is 14.9. The smallest absolute Gasteiger partial charge is 0.333 e. The summed E-state index contributed by atoms with van der Waals surface area (Å²) in [5.74, 6) is 0.251. The molecule has 4 rings (SSSR count). The number of aryl methyl sites for hydroxylation is 2. The first-order valence-corrected chi connectivity index (χ1v) is 20.1. The molecule has 0 saturated heterocycles. The van der Waals surface area contributed by atoms with Crippen LogP contribution in [0.4, 0.5) is 0 Å². The van der Waals surface area contributed by atoms with Gasteiger partial charge in [0.25, 0.3) is 0 Å². The minimum absolute atomic E-state index is 0.143. The van der Waals surface area contributed by atoms with Gasteiger partial charge in [-0.2, -0.15) is 0 Å². The van der Waals surface area contributed by atoms with Crippen molar-refractivity contribution in [3.05, 3.63) is 94.1 Å². The number of hydrogen-bond acceptors (Lipinski definition) is 7. The molecule has 0 saturated carbocycles. The van der Waals surface area contributed by atoms with Gasteiger partial charge in [0.15, 0.2) is 0 Å². The molecule has 2 N–H and O–H groups in total. The first-order chi connectivity index (χ1) is 26.1. The third-order valence-electron chi connectivity index (χ3n) is 10.4. The molecular weight excluding hydrogens is 677 g/mol. The van der Waals surface area contributed by atoms with E-state index >= 15 is 0 Å². The van der Waals surface area contributed by atoms with E-state index in [2.05, 4.69) is 69.0 Å². The van der Waals surface area contributed by atoms with Crippen molar-refractivity contribution in [1.82, 2.24) is 0 Å². The summed E-state index contributed by atoms with van der Waals surface area (Å²) in [7, 11) is 0. The van der Waals surface area contributed by atoms with E-state index in [0.29, 0.717) is 42.8 Å². The van der Waals surface area contributed by atoms with Crippen LogP contribution in [-0.4, -0.2) is 55.2 Å². The Morgan fingerprint density at radius 1 is 0.796 bits per heavy atom. The predicted octanol–water partition coefficient (Wildman–Crippen LogP) is 9.66. The van der Waals surface area contributed by atoms with Gasteiger partial charge >= 0.3 is 11.9 Å². The quantitative estimate of drug-likeness (QED) is 0.0601. The molecule has 0 fully saturated rings. The number of ether oxygens (including phenoxy) is 3. The van der Waals surface area contributed by atoms with Crippen LogP contribution in [0, 0.1) is 11.8 Å². The maximum Gasteiger partial charge on any atom is 0.333 e. The normalized spacial score (nSPS) is 13.9. The summed E-state index contributed by atoms with van der Waals surface area (Å²) in [5.41, 5.74) is 11.2. The van der Waals surface area contributed by atoms with Crippen molar-refractivity contribution in [2.45, 2.75) is 105 Å². The Hall–Kier alpha value is -4.20. The van der Waals surface area contributed by atoms with E-state index < -0.39 is 5.97 Å². The molecule has 7 heteroatoms. The van der Waals surface area contributed by atoms with Crippen molar-refractivity contribution in [3.63, 3.8) is 0 Å². The lowest BCUT2D eigenvalue weighted by atomic mass is 9.90. The zero-order valence-electron chi connectivity index (χ0n) is 33.3. The van der Waals surface area contributed by atoms with Gasteiger partial charge in [-0.05, 0) is 134 Å². The second-order valence-corrected chi connectivity index (χ2v) is 14.9. The maximum absolute atomic E-state index is 12.9. The molecule has 7 nitrogen and oxygen atoms in total. The molecule has 3 aromatic carbocycles. The molecule has 3 aromatic rings. The van der Waals surface area contributed by atoms with Crippen LogP contribution in [0.3, 0.4) is 0 Å². The van der Waals surface area contributed by atoms with Gasteiger partial charge < -0.3 is 24.4 Å². The Bertz CT molecular complexity index is 1750. The maximum atomic E-state index is 12.9. The molecule has 0 spiro atoms. The average Bonchev–Trinajstić information content (AvgIpc) is 3.59. The highest BCUT2D eigenvalue weighted by Gasteiger charge is 2.22. The summed E-state index contributed by atoms with van der Waals surface area (Å²) < 4.78 is 17.3. The SMILES string of the molecule is C=C(C)C(=O)OCCCc1cc(-c2ccc(-c3ccc4c(c3)CC(CCCCC)C4)cc2CC)cc(C=C(C)C(=O)OCCC)c1OCCC(CO)CO. The minimum Gasteiger partial charge on any atom is -0.493 e. The summed E-state index contributed by atoms with van der Waals surface area (Å²) in [6.45, 7) is 14.0. The van der Waals surface area contributed by atoms with Gasteiger partial charge in [0.05, 0.1) is 19.8 Å². The standard InChI is InChI=1S/C47H62O7/c1-7-10-11-13-34-24-37-15-16-38(27-41(37)25-34)39-17-18-44(36(9-3)26-39)42-28-40(14-12-21-54-46(50)32(4)5)45(52-22-19-35(30-48)31-49)43(29-42)23-33(6)47(51)53-20-8-2/h15-18,23,26-29,34-35,48-49H,4,7-14,19-22,24-25,30-31H2,1-3,5-6H3. The Morgan fingerprint density at radius 2 is 1.50 bits per heavy atom. The van der Waals surface area contributed by atoms with E-state index in [1.807, 2.05) is 13.0 Å². The van der Waals surface area contributed by atoms with E-state index in [9.17, 15) is 19.8 Å². The summed E-state index contributed by atoms with van der Waals surface area (Å²) in [5, 5.41) is 19.4. The van der Waals surface area contributed by atoms with Crippen molar-refractivity contribution >= 4 is 18.0 Å². The molecule has 292 valence electrons. The number of carbonyl (C=O) groups is 2. The fourth-order valence-electron chi connectivity index (χ4n) is 7.18. The van der Waals surface area contributed by atoms with Gasteiger partial charge in [-0.1, -0.05) is 83.0 Å². The van der Waals surface area contributed by atoms with E-state index in [1.165, 1.54) is 59.9 Å². The highest BCUT2D eigenvalue weighted by molar-refractivity contribution is 5.94. The van der Waals surface area contributed by atoms with Crippen LogP contribution < -0.4 is 4.74 Å². The molecule has 1 aliphatic rings. The highest BCUT2D eigenvalue weighted by atomic mass is 16.5. The fourth-order valence-corrected chi connectivity index (χ4v) is 7.18. The van der Waals surface area contributed by atoms with Crippen molar-refractivity contribution in [1.29, 1.82) is 0 Å². The summed E-state index contributed by atoms with van der Waals surface area (Å²) in [6, 6.07) is 17.9. The predicted molar refractivity (Wildman–Crippen MR) is 219 cm³/mol. The second kappa shape index (κ2) is 21.6. The van der Waals surface area contributed by atoms with Crippen LogP contribution in [-0.2, 0) is 44.7 Å².